The number of hydrogen-bond acceptors (Lipinski definition) is 9. The van der Waals surface area contributed by atoms with Gasteiger partial charge in [0.15, 0.2) is 0 Å². The van der Waals surface area contributed by atoms with Crippen LogP contribution in [0.5, 0.6) is 11.5 Å². The van der Waals surface area contributed by atoms with Crippen molar-refractivity contribution >= 4 is 18.0 Å². The smallest absolute Gasteiger partial charge is 0.475 e. The second kappa shape index (κ2) is 10.0. The fourth-order valence-electron chi connectivity index (χ4n) is 2.75. The topological polar surface area (TPSA) is 123 Å². The number of alkyl halides is 6. The van der Waals surface area contributed by atoms with Crippen molar-refractivity contribution in [3.8, 4) is 11.5 Å². The van der Waals surface area contributed by atoms with Gasteiger partial charge in [0, 0.05) is 12.5 Å². The summed E-state index contributed by atoms with van der Waals surface area (Å²) in [6, 6.07) is 1.52. The normalized spacial score (nSPS) is 16.4. The number of fused-ring (bicyclic) bond motifs is 1. The molecule has 1 aromatic rings. The lowest BCUT2D eigenvalue weighted by Crippen LogP contribution is -2.41. The molecular weight excluding hydrogens is 488 g/mol. The Balaban J connectivity index is 2.25. The summed E-state index contributed by atoms with van der Waals surface area (Å²) in [6.45, 7) is 1.47. The van der Waals surface area contributed by atoms with Crippen molar-refractivity contribution in [3.63, 3.8) is 0 Å². The molecule has 0 radical (unpaired) electrons. The van der Waals surface area contributed by atoms with Gasteiger partial charge in [-0.05, 0) is 30.7 Å². The molecule has 16 heteroatoms. The first-order valence-electron chi connectivity index (χ1n) is 9.10. The number of carbonyl (C=O) groups excluding carboxylic acids is 2. The number of halogens is 6. The highest BCUT2D eigenvalue weighted by Crippen LogP contribution is 2.41. The minimum absolute atomic E-state index is 0.131. The van der Waals surface area contributed by atoms with E-state index < -0.39 is 72.1 Å². The molecule has 1 aromatic carbocycles. The average Bonchev–Trinajstić information content (AvgIpc) is 2.64. The SMILES string of the molecule is Cc1cc(OC(F)(F)F)cc2c1OC(C(F)(F)F)C(C(=O)OC(C)OC(=O)CCO[N+](=O)[O-])=C2. The Labute approximate surface area is 186 Å². The summed E-state index contributed by atoms with van der Waals surface area (Å²) in [6.07, 6.45) is -14.8. The maximum absolute atomic E-state index is 13.5. The first kappa shape index (κ1) is 26.5. The van der Waals surface area contributed by atoms with Gasteiger partial charge in [-0.2, -0.15) is 13.2 Å². The number of aryl methyl sites for hydroxylation is 1. The zero-order valence-corrected chi connectivity index (χ0v) is 17.2. The minimum Gasteiger partial charge on any atom is -0.475 e. The predicted octanol–water partition coefficient (Wildman–Crippen LogP) is 3.63. The summed E-state index contributed by atoms with van der Waals surface area (Å²) in [5.74, 6) is -3.97. The van der Waals surface area contributed by atoms with Crippen molar-refractivity contribution in [1.29, 1.82) is 0 Å². The van der Waals surface area contributed by atoms with Gasteiger partial charge in [0.25, 0.3) is 5.09 Å². The van der Waals surface area contributed by atoms with Gasteiger partial charge in [0.2, 0.25) is 12.4 Å². The molecule has 0 aliphatic carbocycles. The van der Waals surface area contributed by atoms with E-state index in [4.69, 9.17) is 4.74 Å². The van der Waals surface area contributed by atoms with Gasteiger partial charge in [0.1, 0.15) is 18.1 Å². The Kier molecular flexibility index (Phi) is 7.84. The highest BCUT2D eigenvalue weighted by molar-refractivity contribution is 5.96. The van der Waals surface area contributed by atoms with Gasteiger partial charge in [-0.15, -0.1) is 23.3 Å². The van der Waals surface area contributed by atoms with Gasteiger partial charge >= 0.3 is 24.5 Å². The lowest BCUT2D eigenvalue weighted by atomic mass is 9.99. The summed E-state index contributed by atoms with van der Waals surface area (Å²) in [4.78, 5) is 37.8. The number of esters is 2. The van der Waals surface area contributed by atoms with Crippen LogP contribution in [-0.2, 0) is 23.9 Å². The fourth-order valence-corrected chi connectivity index (χ4v) is 2.75. The number of hydrogen-bond donors (Lipinski definition) is 0. The van der Waals surface area contributed by atoms with Crippen molar-refractivity contribution in [2.75, 3.05) is 6.61 Å². The van der Waals surface area contributed by atoms with Crippen LogP contribution in [0.2, 0.25) is 0 Å². The van der Waals surface area contributed by atoms with E-state index in [2.05, 4.69) is 19.0 Å². The van der Waals surface area contributed by atoms with E-state index >= 15 is 0 Å². The minimum atomic E-state index is -5.13. The molecule has 1 heterocycles. The standard InChI is InChI=1S/C18H15F6NO9/c1-8-5-11(34-18(22,23)24)6-10-7-12(15(17(19,20)21)33-14(8)10)16(27)32-9(2)31-13(26)3-4-30-25(28)29/h5-7,9,15H,3-4H2,1-2H3. The molecule has 0 spiro atoms. The number of benzene rings is 1. The summed E-state index contributed by atoms with van der Waals surface area (Å²) >= 11 is 0. The van der Waals surface area contributed by atoms with E-state index in [1.165, 1.54) is 6.92 Å². The second-order valence-corrected chi connectivity index (χ2v) is 6.62. The maximum Gasteiger partial charge on any atom is 0.573 e. The molecule has 1 aliphatic rings. The first-order chi connectivity index (χ1) is 15.6. The van der Waals surface area contributed by atoms with E-state index in [0.29, 0.717) is 12.1 Å². The van der Waals surface area contributed by atoms with Gasteiger partial charge in [-0.1, -0.05) is 0 Å². The van der Waals surface area contributed by atoms with Crippen LogP contribution in [0.25, 0.3) is 6.08 Å². The van der Waals surface area contributed by atoms with Crippen LogP contribution in [0.1, 0.15) is 24.5 Å². The molecule has 2 atom stereocenters. The van der Waals surface area contributed by atoms with Gasteiger partial charge in [-0.25, -0.2) is 4.79 Å². The van der Waals surface area contributed by atoms with Crippen LogP contribution in [-0.4, -0.2) is 48.6 Å². The molecule has 0 saturated heterocycles. The molecule has 2 rings (SSSR count). The molecule has 188 valence electrons. The lowest BCUT2D eigenvalue weighted by Gasteiger charge is -2.29. The summed E-state index contributed by atoms with van der Waals surface area (Å²) < 4.78 is 96.0. The van der Waals surface area contributed by atoms with Crippen LogP contribution in [0.15, 0.2) is 17.7 Å². The molecule has 2 unspecified atom stereocenters. The maximum atomic E-state index is 13.5. The van der Waals surface area contributed by atoms with E-state index in [1.54, 1.807) is 0 Å². The van der Waals surface area contributed by atoms with Crippen molar-refractivity contribution in [3.05, 3.63) is 38.9 Å². The van der Waals surface area contributed by atoms with Crippen molar-refractivity contribution in [2.24, 2.45) is 0 Å². The molecule has 0 N–H and O–H groups in total. The molecule has 1 aliphatic heterocycles. The fraction of sp³-hybridized carbons (Fsp3) is 0.444. The Morgan fingerprint density at radius 1 is 1.18 bits per heavy atom. The third-order valence-corrected chi connectivity index (χ3v) is 3.95. The van der Waals surface area contributed by atoms with Crippen LogP contribution in [0.3, 0.4) is 0 Å². The summed E-state index contributed by atoms with van der Waals surface area (Å²) in [7, 11) is 0. The van der Waals surface area contributed by atoms with Gasteiger partial charge < -0.3 is 23.8 Å². The quantitative estimate of drug-likeness (QED) is 0.172. The second-order valence-electron chi connectivity index (χ2n) is 6.62. The van der Waals surface area contributed by atoms with Crippen LogP contribution < -0.4 is 9.47 Å². The third-order valence-electron chi connectivity index (χ3n) is 3.95. The Morgan fingerprint density at radius 2 is 1.82 bits per heavy atom. The predicted molar refractivity (Wildman–Crippen MR) is 95.5 cm³/mol. The van der Waals surface area contributed by atoms with E-state index in [1.807, 2.05) is 0 Å². The van der Waals surface area contributed by atoms with Gasteiger partial charge in [-0.3, -0.25) is 4.79 Å². The first-order valence-corrected chi connectivity index (χ1v) is 9.10. The Morgan fingerprint density at radius 3 is 2.38 bits per heavy atom. The van der Waals surface area contributed by atoms with Crippen LogP contribution in [0, 0.1) is 17.0 Å². The molecule has 0 fully saturated rings. The number of rotatable bonds is 8. The van der Waals surface area contributed by atoms with Gasteiger partial charge in [0.05, 0.1) is 12.0 Å². The van der Waals surface area contributed by atoms with E-state index in [-0.39, 0.29) is 11.1 Å². The van der Waals surface area contributed by atoms with E-state index in [9.17, 15) is 46.0 Å². The summed E-state index contributed by atoms with van der Waals surface area (Å²) in [5, 5.41) is 8.85. The molecule has 10 nitrogen and oxygen atoms in total. The zero-order valence-electron chi connectivity index (χ0n) is 17.2. The molecule has 0 amide bonds. The van der Waals surface area contributed by atoms with E-state index in [0.717, 1.165) is 13.0 Å². The molecule has 0 aromatic heterocycles. The molecule has 34 heavy (non-hydrogen) atoms. The van der Waals surface area contributed by atoms with Crippen LogP contribution in [0.4, 0.5) is 26.3 Å². The Hall–Kier alpha value is -3.72. The number of carbonyl (C=O) groups is 2. The summed E-state index contributed by atoms with van der Waals surface area (Å²) in [5.41, 5.74) is -1.59. The van der Waals surface area contributed by atoms with Crippen molar-refractivity contribution in [1.82, 2.24) is 0 Å². The molecule has 0 saturated carbocycles. The largest absolute Gasteiger partial charge is 0.573 e. The van der Waals surface area contributed by atoms with Crippen molar-refractivity contribution in [2.45, 2.75) is 45.2 Å². The number of ether oxygens (including phenoxy) is 4. The monoisotopic (exact) mass is 503 g/mol. The molecular formula is C18H15F6NO9. The number of nitrogens with zero attached hydrogens (tertiary/aromatic N) is 1. The molecule has 0 bridgehead atoms. The lowest BCUT2D eigenvalue weighted by molar-refractivity contribution is -0.757. The van der Waals surface area contributed by atoms with Crippen LogP contribution >= 0.6 is 0 Å². The third kappa shape index (κ3) is 7.41. The highest BCUT2D eigenvalue weighted by Gasteiger charge is 2.49. The highest BCUT2D eigenvalue weighted by atomic mass is 19.4. The Bertz CT molecular complexity index is 989. The average molecular weight is 503 g/mol. The van der Waals surface area contributed by atoms with Crippen molar-refractivity contribution < 1.29 is 64.8 Å². The zero-order chi connectivity index (χ0) is 25.8.